The molecular formula is C9H12N2O4. The fourth-order valence-electron chi connectivity index (χ4n) is 0.768. The third-order valence-electron chi connectivity index (χ3n) is 1.34. The highest BCUT2D eigenvalue weighted by Crippen LogP contribution is 2.25. The first kappa shape index (κ1) is 12.8. The van der Waals surface area contributed by atoms with Gasteiger partial charge in [0, 0.05) is 5.56 Å². The number of carbonyl (C=O) groups is 2. The van der Waals surface area contributed by atoms with Gasteiger partial charge in [0.05, 0.1) is 7.11 Å². The van der Waals surface area contributed by atoms with Crippen LogP contribution in [0.3, 0.4) is 0 Å². The Morgan fingerprint density at radius 3 is 2.40 bits per heavy atom. The average molecular weight is 212 g/mol. The van der Waals surface area contributed by atoms with Gasteiger partial charge in [0.15, 0.2) is 11.5 Å². The predicted octanol–water partition coefficient (Wildman–Crippen LogP) is 0.237. The Balaban J connectivity index is 0.000000423. The van der Waals surface area contributed by atoms with Crippen LogP contribution in [0.25, 0.3) is 0 Å². The molecule has 0 bridgehead atoms. The number of rotatable bonds is 2. The number of urea groups is 1. The van der Waals surface area contributed by atoms with Gasteiger partial charge in [0.25, 0.3) is 0 Å². The van der Waals surface area contributed by atoms with Gasteiger partial charge in [-0.05, 0) is 18.2 Å². The number of aldehydes is 1. The molecule has 0 atom stereocenters. The van der Waals surface area contributed by atoms with Gasteiger partial charge in [0.2, 0.25) is 0 Å². The van der Waals surface area contributed by atoms with Crippen LogP contribution in [0.15, 0.2) is 18.2 Å². The van der Waals surface area contributed by atoms with Gasteiger partial charge < -0.3 is 21.3 Å². The van der Waals surface area contributed by atoms with Crippen LogP contribution in [-0.2, 0) is 0 Å². The monoisotopic (exact) mass is 212 g/mol. The summed E-state index contributed by atoms with van der Waals surface area (Å²) < 4.78 is 4.78. The van der Waals surface area contributed by atoms with E-state index in [1.807, 2.05) is 0 Å². The summed E-state index contributed by atoms with van der Waals surface area (Å²) in [6, 6.07) is 3.58. The minimum atomic E-state index is -0.833. The third kappa shape index (κ3) is 5.14. The van der Waals surface area contributed by atoms with Crippen LogP contribution in [-0.4, -0.2) is 24.5 Å². The van der Waals surface area contributed by atoms with E-state index in [2.05, 4.69) is 11.5 Å². The number of ether oxygens (including phenoxy) is 1. The Morgan fingerprint density at radius 1 is 1.47 bits per heavy atom. The minimum absolute atomic E-state index is 0.0399. The molecule has 6 nitrogen and oxygen atoms in total. The number of phenolic OH excluding ortho intramolecular Hbond substituents is 1. The second kappa shape index (κ2) is 6.25. The van der Waals surface area contributed by atoms with E-state index in [1.54, 1.807) is 0 Å². The number of primary amides is 2. The van der Waals surface area contributed by atoms with E-state index >= 15 is 0 Å². The zero-order valence-electron chi connectivity index (χ0n) is 8.14. The Labute approximate surface area is 86.4 Å². The summed E-state index contributed by atoms with van der Waals surface area (Å²) in [5.41, 5.74) is 8.99. The van der Waals surface area contributed by atoms with Crippen LogP contribution < -0.4 is 16.2 Å². The van der Waals surface area contributed by atoms with E-state index in [9.17, 15) is 4.79 Å². The van der Waals surface area contributed by atoms with Crippen LogP contribution in [0.2, 0.25) is 0 Å². The maximum Gasteiger partial charge on any atom is 0.309 e. The Bertz CT molecular complexity index is 348. The van der Waals surface area contributed by atoms with Crippen molar-refractivity contribution in [2.45, 2.75) is 0 Å². The maximum atomic E-state index is 10.2. The van der Waals surface area contributed by atoms with Crippen molar-refractivity contribution in [1.29, 1.82) is 0 Å². The van der Waals surface area contributed by atoms with Crippen molar-refractivity contribution in [2.24, 2.45) is 11.5 Å². The molecule has 0 saturated carbocycles. The highest BCUT2D eigenvalue weighted by molar-refractivity contribution is 5.76. The lowest BCUT2D eigenvalue weighted by Gasteiger charge is -2.01. The largest absolute Gasteiger partial charge is 0.504 e. The SMILES string of the molecule is COc1cc(C=O)ccc1O.NC(N)=O. The zero-order chi connectivity index (χ0) is 11.8. The molecule has 0 unspecified atom stereocenters. The van der Waals surface area contributed by atoms with E-state index in [4.69, 9.17) is 14.6 Å². The van der Waals surface area contributed by atoms with Crippen LogP contribution in [0.4, 0.5) is 4.79 Å². The lowest BCUT2D eigenvalue weighted by Crippen LogP contribution is -2.18. The van der Waals surface area contributed by atoms with Gasteiger partial charge in [0.1, 0.15) is 6.29 Å². The lowest BCUT2D eigenvalue weighted by molar-refractivity contribution is 0.112. The van der Waals surface area contributed by atoms with E-state index in [1.165, 1.54) is 25.3 Å². The fourth-order valence-corrected chi connectivity index (χ4v) is 0.768. The molecule has 2 amide bonds. The number of carbonyl (C=O) groups excluding carboxylic acids is 2. The van der Waals surface area contributed by atoms with Crippen molar-refractivity contribution in [3.05, 3.63) is 23.8 Å². The molecule has 6 heteroatoms. The molecule has 1 aromatic rings. The molecule has 15 heavy (non-hydrogen) atoms. The third-order valence-corrected chi connectivity index (χ3v) is 1.34. The Kier molecular flexibility index (Phi) is 5.32. The number of aromatic hydroxyl groups is 1. The summed E-state index contributed by atoms with van der Waals surface area (Å²) in [4.78, 5) is 19.2. The van der Waals surface area contributed by atoms with Crippen molar-refractivity contribution in [1.82, 2.24) is 0 Å². The number of methoxy groups -OCH3 is 1. The quantitative estimate of drug-likeness (QED) is 0.608. The van der Waals surface area contributed by atoms with Crippen molar-refractivity contribution < 1.29 is 19.4 Å². The predicted molar refractivity (Wildman–Crippen MR) is 53.8 cm³/mol. The summed E-state index contributed by atoms with van der Waals surface area (Å²) in [6.07, 6.45) is 0.696. The molecule has 0 saturated heterocycles. The van der Waals surface area contributed by atoms with Gasteiger partial charge in [-0.1, -0.05) is 0 Å². The van der Waals surface area contributed by atoms with Gasteiger partial charge >= 0.3 is 6.03 Å². The second-order valence-electron chi connectivity index (χ2n) is 2.45. The molecule has 1 rings (SSSR count). The van der Waals surface area contributed by atoms with E-state index < -0.39 is 6.03 Å². The van der Waals surface area contributed by atoms with E-state index in [0.29, 0.717) is 17.6 Å². The Morgan fingerprint density at radius 2 is 2.00 bits per heavy atom. The first-order valence-electron chi connectivity index (χ1n) is 3.88. The molecule has 0 aliphatic carbocycles. The van der Waals surface area contributed by atoms with Crippen molar-refractivity contribution in [2.75, 3.05) is 7.11 Å². The number of hydrogen-bond acceptors (Lipinski definition) is 4. The minimum Gasteiger partial charge on any atom is -0.504 e. The van der Waals surface area contributed by atoms with Crippen LogP contribution in [0, 0.1) is 0 Å². The standard InChI is InChI=1S/C8H8O3.CH4N2O/c1-11-8-4-6(5-9)2-3-7(8)10;2-1(3)4/h2-5,10H,1H3;(H4,2,3,4). The number of amides is 2. The molecule has 0 aliphatic rings. The van der Waals surface area contributed by atoms with Gasteiger partial charge in [-0.25, -0.2) is 4.79 Å². The summed E-state index contributed by atoms with van der Waals surface area (Å²) >= 11 is 0. The number of nitrogens with two attached hydrogens (primary N) is 2. The summed E-state index contributed by atoms with van der Waals surface area (Å²) in [6.45, 7) is 0. The topological polar surface area (TPSA) is 116 Å². The molecule has 82 valence electrons. The molecule has 0 fully saturated rings. The average Bonchev–Trinajstić information content (AvgIpc) is 2.18. The van der Waals surface area contributed by atoms with Gasteiger partial charge in [-0.15, -0.1) is 0 Å². The zero-order valence-corrected chi connectivity index (χ0v) is 8.14. The summed E-state index contributed by atoms with van der Waals surface area (Å²) in [5, 5.41) is 9.09. The first-order valence-corrected chi connectivity index (χ1v) is 3.88. The molecule has 0 heterocycles. The fraction of sp³-hybridized carbons (Fsp3) is 0.111. The molecule has 0 aromatic heterocycles. The normalized spacial score (nSPS) is 8.33. The smallest absolute Gasteiger partial charge is 0.309 e. The number of hydrogen-bond donors (Lipinski definition) is 3. The number of benzene rings is 1. The highest BCUT2D eigenvalue weighted by Gasteiger charge is 2.00. The van der Waals surface area contributed by atoms with Crippen LogP contribution in [0.5, 0.6) is 11.5 Å². The van der Waals surface area contributed by atoms with Gasteiger partial charge in [-0.3, -0.25) is 4.79 Å². The summed E-state index contributed by atoms with van der Waals surface area (Å²) in [7, 11) is 1.43. The van der Waals surface area contributed by atoms with Gasteiger partial charge in [-0.2, -0.15) is 0 Å². The molecular weight excluding hydrogens is 200 g/mol. The lowest BCUT2D eigenvalue weighted by atomic mass is 10.2. The second-order valence-corrected chi connectivity index (χ2v) is 2.45. The maximum absolute atomic E-state index is 10.2. The summed E-state index contributed by atoms with van der Waals surface area (Å²) in [5.74, 6) is 0.354. The van der Waals surface area contributed by atoms with Crippen LogP contribution in [0.1, 0.15) is 10.4 Å². The first-order chi connectivity index (χ1) is 7.01. The van der Waals surface area contributed by atoms with E-state index in [-0.39, 0.29) is 5.75 Å². The Hall–Kier alpha value is -2.24. The van der Waals surface area contributed by atoms with E-state index in [0.717, 1.165) is 0 Å². The molecule has 1 aromatic carbocycles. The molecule has 0 aliphatic heterocycles. The van der Waals surface area contributed by atoms with Crippen molar-refractivity contribution in [3.8, 4) is 11.5 Å². The van der Waals surface area contributed by atoms with Crippen molar-refractivity contribution >= 4 is 12.3 Å². The molecule has 0 spiro atoms. The van der Waals surface area contributed by atoms with Crippen LogP contribution >= 0.6 is 0 Å². The molecule has 5 N–H and O–H groups in total. The highest BCUT2D eigenvalue weighted by atomic mass is 16.5. The molecule has 0 radical (unpaired) electrons. The van der Waals surface area contributed by atoms with Crippen molar-refractivity contribution in [3.63, 3.8) is 0 Å². The number of phenols is 1.